The van der Waals surface area contributed by atoms with E-state index >= 15 is 0 Å². The first-order chi connectivity index (χ1) is 19.5. The molecule has 1 unspecified atom stereocenters. The minimum atomic E-state index is -0.492. The number of nitrogens with one attached hydrogen (secondary N) is 1. The molecule has 0 aliphatic rings. The number of carbonyl (C=O) groups excluding carboxylic acids is 2. The number of hydrogen-bond acceptors (Lipinski definition) is 8. The van der Waals surface area contributed by atoms with Gasteiger partial charge in [0.2, 0.25) is 5.91 Å². The third-order valence-corrected chi connectivity index (χ3v) is 8.57. The van der Waals surface area contributed by atoms with Gasteiger partial charge in [0.1, 0.15) is 16.3 Å². The SMILES string of the molecule is CCn1c(SCC(=O)Nc2sc(C)c(-c3ccccc3)c2C(=O)OC)nnc1C(C)Oc1ccc(C(C)(C)C)cc1. The molecule has 1 amide bonds. The van der Waals surface area contributed by atoms with Crippen LogP contribution in [0, 0.1) is 6.92 Å². The first-order valence-electron chi connectivity index (χ1n) is 13.4. The number of benzene rings is 2. The van der Waals surface area contributed by atoms with Crippen molar-refractivity contribution in [1.82, 2.24) is 14.8 Å². The minimum absolute atomic E-state index is 0.0678. The van der Waals surface area contributed by atoms with Crippen molar-refractivity contribution in [3.8, 4) is 16.9 Å². The lowest BCUT2D eigenvalue weighted by atomic mass is 9.87. The zero-order valence-electron chi connectivity index (χ0n) is 24.5. The Labute approximate surface area is 249 Å². The van der Waals surface area contributed by atoms with Crippen LogP contribution in [0.3, 0.4) is 0 Å². The summed E-state index contributed by atoms with van der Waals surface area (Å²) in [6, 6.07) is 17.7. The van der Waals surface area contributed by atoms with Crippen molar-refractivity contribution in [2.45, 2.75) is 64.8 Å². The highest BCUT2D eigenvalue weighted by Gasteiger charge is 2.26. The topological polar surface area (TPSA) is 95.3 Å². The monoisotopic (exact) mass is 592 g/mol. The number of aryl methyl sites for hydroxylation is 1. The molecule has 0 spiro atoms. The Kier molecular flexibility index (Phi) is 9.55. The van der Waals surface area contributed by atoms with Gasteiger partial charge in [0.15, 0.2) is 17.1 Å². The van der Waals surface area contributed by atoms with Crippen LogP contribution >= 0.6 is 23.1 Å². The summed E-state index contributed by atoms with van der Waals surface area (Å²) in [7, 11) is 1.34. The normalized spacial score (nSPS) is 12.2. The van der Waals surface area contributed by atoms with Crippen molar-refractivity contribution in [3.05, 3.63) is 76.4 Å². The quantitative estimate of drug-likeness (QED) is 0.153. The lowest BCUT2D eigenvalue weighted by Crippen LogP contribution is -2.17. The average molecular weight is 593 g/mol. The van der Waals surface area contributed by atoms with E-state index in [0.717, 1.165) is 21.8 Å². The zero-order chi connectivity index (χ0) is 29.7. The Hall–Kier alpha value is -3.63. The highest BCUT2D eigenvalue weighted by Crippen LogP contribution is 2.40. The van der Waals surface area contributed by atoms with E-state index in [4.69, 9.17) is 9.47 Å². The number of thiophene rings is 1. The number of carbonyl (C=O) groups is 2. The Balaban J connectivity index is 1.45. The van der Waals surface area contributed by atoms with Crippen LogP contribution in [0.2, 0.25) is 0 Å². The maximum atomic E-state index is 13.0. The molecule has 0 fully saturated rings. The molecule has 1 atom stereocenters. The van der Waals surface area contributed by atoms with Gasteiger partial charge in [0.25, 0.3) is 0 Å². The van der Waals surface area contributed by atoms with E-state index in [0.29, 0.717) is 28.1 Å². The molecule has 4 rings (SSSR count). The molecule has 0 radical (unpaired) electrons. The highest BCUT2D eigenvalue weighted by atomic mass is 32.2. The Morgan fingerprint density at radius 2 is 1.76 bits per heavy atom. The molecule has 0 saturated heterocycles. The standard InChI is InChI=1S/C31H36N4O4S2/c1-8-35-27(19(2)39-23-16-14-22(15-17-23)31(4,5)6)33-34-30(35)40-18-24(36)32-28-26(29(37)38-7)25(20(3)41-28)21-12-10-9-11-13-21/h9-17,19H,8,18H2,1-7H3,(H,32,36). The van der Waals surface area contributed by atoms with Crippen LogP contribution in [0.4, 0.5) is 5.00 Å². The minimum Gasteiger partial charge on any atom is -0.483 e. The van der Waals surface area contributed by atoms with Gasteiger partial charge >= 0.3 is 5.97 Å². The van der Waals surface area contributed by atoms with E-state index < -0.39 is 5.97 Å². The zero-order valence-corrected chi connectivity index (χ0v) is 26.1. The molecule has 2 aromatic heterocycles. The summed E-state index contributed by atoms with van der Waals surface area (Å²) in [5, 5.41) is 12.7. The Morgan fingerprint density at radius 1 is 1.07 bits per heavy atom. The molecule has 216 valence electrons. The van der Waals surface area contributed by atoms with Crippen molar-refractivity contribution in [2.24, 2.45) is 0 Å². The molecular formula is C31H36N4O4S2. The van der Waals surface area contributed by atoms with Gasteiger partial charge in [-0.2, -0.15) is 0 Å². The van der Waals surface area contributed by atoms with Gasteiger partial charge in [-0.15, -0.1) is 21.5 Å². The van der Waals surface area contributed by atoms with E-state index in [9.17, 15) is 9.59 Å². The van der Waals surface area contributed by atoms with Crippen molar-refractivity contribution < 1.29 is 19.1 Å². The lowest BCUT2D eigenvalue weighted by molar-refractivity contribution is -0.113. The summed E-state index contributed by atoms with van der Waals surface area (Å²) in [4.78, 5) is 26.7. The number of hydrogen-bond donors (Lipinski definition) is 1. The maximum absolute atomic E-state index is 13.0. The third kappa shape index (κ3) is 7.00. The molecule has 10 heteroatoms. The number of methoxy groups -OCH3 is 1. The van der Waals surface area contributed by atoms with Gasteiger partial charge in [-0.1, -0.05) is 75.0 Å². The van der Waals surface area contributed by atoms with Crippen LogP contribution in [0.1, 0.15) is 67.3 Å². The summed E-state index contributed by atoms with van der Waals surface area (Å²) in [5.74, 6) is 0.793. The second-order valence-corrected chi connectivity index (χ2v) is 12.7. The first-order valence-corrected chi connectivity index (χ1v) is 15.2. The van der Waals surface area contributed by atoms with Crippen molar-refractivity contribution >= 4 is 40.0 Å². The van der Waals surface area contributed by atoms with Crippen LogP contribution in [0.5, 0.6) is 5.75 Å². The van der Waals surface area contributed by atoms with Crippen LogP contribution in [0.15, 0.2) is 59.8 Å². The Morgan fingerprint density at radius 3 is 2.37 bits per heavy atom. The van der Waals surface area contributed by atoms with Crippen LogP contribution in [-0.4, -0.2) is 39.5 Å². The van der Waals surface area contributed by atoms with E-state index in [1.54, 1.807) is 0 Å². The van der Waals surface area contributed by atoms with Gasteiger partial charge in [0, 0.05) is 17.0 Å². The number of thioether (sulfide) groups is 1. The number of esters is 1. The fourth-order valence-corrected chi connectivity index (χ4v) is 6.36. The van der Waals surface area contributed by atoms with Gasteiger partial charge < -0.3 is 19.4 Å². The number of ether oxygens (including phenoxy) is 2. The van der Waals surface area contributed by atoms with E-state index in [-0.39, 0.29) is 23.2 Å². The molecule has 2 aromatic carbocycles. The second-order valence-electron chi connectivity index (χ2n) is 10.6. The molecule has 0 bridgehead atoms. The summed E-state index contributed by atoms with van der Waals surface area (Å²) in [6.45, 7) is 13.0. The van der Waals surface area contributed by atoms with Gasteiger partial charge in [-0.05, 0) is 49.4 Å². The van der Waals surface area contributed by atoms with Crippen LogP contribution in [-0.2, 0) is 21.5 Å². The largest absolute Gasteiger partial charge is 0.483 e. The van der Waals surface area contributed by atoms with E-state index in [2.05, 4.69) is 48.4 Å². The smallest absolute Gasteiger partial charge is 0.341 e. The second kappa shape index (κ2) is 12.9. The third-order valence-electron chi connectivity index (χ3n) is 6.58. The highest BCUT2D eigenvalue weighted by molar-refractivity contribution is 7.99. The predicted octanol–water partition coefficient (Wildman–Crippen LogP) is 7.29. The average Bonchev–Trinajstić information content (AvgIpc) is 3.51. The number of nitrogens with zero attached hydrogens (tertiary/aromatic N) is 3. The van der Waals surface area contributed by atoms with Crippen molar-refractivity contribution in [3.63, 3.8) is 0 Å². The fourth-order valence-electron chi connectivity index (χ4n) is 4.47. The molecule has 41 heavy (non-hydrogen) atoms. The summed E-state index contributed by atoms with van der Waals surface area (Å²) in [6.07, 6.45) is -0.334. The molecule has 0 saturated carbocycles. The molecule has 1 N–H and O–H groups in total. The molecule has 8 nitrogen and oxygen atoms in total. The molecule has 4 aromatic rings. The van der Waals surface area contributed by atoms with E-state index in [1.165, 1.54) is 35.8 Å². The van der Waals surface area contributed by atoms with Crippen LogP contribution in [0.25, 0.3) is 11.1 Å². The molecular weight excluding hydrogens is 556 g/mol. The predicted molar refractivity (Wildman–Crippen MR) is 165 cm³/mol. The Bertz CT molecular complexity index is 1510. The van der Waals surface area contributed by atoms with E-state index in [1.807, 2.05) is 67.8 Å². The summed E-state index contributed by atoms with van der Waals surface area (Å²) >= 11 is 2.64. The first kappa shape index (κ1) is 30.3. The number of amides is 1. The number of anilines is 1. The number of aromatic nitrogens is 3. The maximum Gasteiger partial charge on any atom is 0.341 e. The van der Waals surface area contributed by atoms with Gasteiger partial charge in [0.05, 0.1) is 12.9 Å². The summed E-state index contributed by atoms with van der Waals surface area (Å²) < 4.78 is 13.2. The van der Waals surface area contributed by atoms with Crippen LogP contribution < -0.4 is 10.1 Å². The fraction of sp³-hybridized carbons (Fsp3) is 0.355. The summed E-state index contributed by atoms with van der Waals surface area (Å²) in [5.41, 5.74) is 3.32. The number of rotatable bonds is 10. The molecule has 0 aliphatic heterocycles. The van der Waals surface area contributed by atoms with Gasteiger partial charge in [-0.25, -0.2) is 4.79 Å². The molecule has 2 heterocycles. The van der Waals surface area contributed by atoms with Gasteiger partial charge in [-0.3, -0.25) is 4.79 Å². The lowest BCUT2D eigenvalue weighted by Gasteiger charge is -2.20. The van der Waals surface area contributed by atoms with Crippen molar-refractivity contribution in [1.29, 1.82) is 0 Å². The van der Waals surface area contributed by atoms with Crippen molar-refractivity contribution in [2.75, 3.05) is 18.2 Å². The molecule has 0 aliphatic carbocycles.